The van der Waals surface area contributed by atoms with E-state index in [-0.39, 0.29) is 11.7 Å². The van der Waals surface area contributed by atoms with E-state index >= 15 is 0 Å². The first-order valence-corrected chi connectivity index (χ1v) is 7.86. The highest BCUT2D eigenvalue weighted by Gasteiger charge is 2.14. The van der Waals surface area contributed by atoms with Crippen LogP contribution in [0.15, 0.2) is 59.4 Å². The number of anilines is 1. The molecule has 23 heavy (non-hydrogen) atoms. The van der Waals surface area contributed by atoms with E-state index in [4.69, 9.17) is 4.74 Å². The Morgan fingerprint density at radius 3 is 2.74 bits per heavy atom. The number of nitrogens with zero attached hydrogens (tertiary/aromatic N) is 1. The SMILES string of the molecule is O=C(Nc1ccccc1O)c1ccccc1OCc1cscn1. The fourth-order valence-electron chi connectivity index (χ4n) is 2.01. The molecule has 0 fully saturated rings. The first kappa shape index (κ1) is 15.1. The second-order valence-electron chi connectivity index (χ2n) is 4.74. The first-order valence-electron chi connectivity index (χ1n) is 6.92. The number of thiazole rings is 1. The van der Waals surface area contributed by atoms with Gasteiger partial charge in [-0.15, -0.1) is 11.3 Å². The van der Waals surface area contributed by atoms with Crippen LogP contribution in [0.1, 0.15) is 16.1 Å². The van der Waals surface area contributed by atoms with Gasteiger partial charge in [-0.25, -0.2) is 4.98 Å². The van der Waals surface area contributed by atoms with Crippen molar-refractivity contribution in [2.45, 2.75) is 6.61 Å². The molecule has 0 aliphatic heterocycles. The standard InChI is InChI=1S/C17H14N2O3S/c20-15-7-3-2-6-14(15)19-17(21)13-5-1-4-8-16(13)22-9-12-10-23-11-18-12/h1-8,10-11,20H,9H2,(H,19,21). The highest BCUT2D eigenvalue weighted by atomic mass is 32.1. The van der Waals surface area contributed by atoms with Crippen molar-refractivity contribution in [1.82, 2.24) is 4.98 Å². The number of aromatic nitrogens is 1. The monoisotopic (exact) mass is 326 g/mol. The number of phenolic OH excluding ortho intramolecular Hbond substituents is 1. The molecule has 1 heterocycles. The summed E-state index contributed by atoms with van der Waals surface area (Å²) in [5.41, 5.74) is 3.29. The average Bonchev–Trinajstić information content (AvgIpc) is 3.09. The van der Waals surface area contributed by atoms with Gasteiger partial charge >= 0.3 is 0 Å². The zero-order chi connectivity index (χ0) is 16.1. The van der Waals surface area contributed by atoms with Crippen LogP contribution in [0.2, 0.25) is 0 Å². The lowest BCUT2D eigenvalue weighted by atomic mass is 10.1. The summed E-state index contributed by atoms with van der Waals surface area (Å²) in [6, 6.07) is 13.5. The Bertz CT molecular complexity index is 803. The number of carbonyl (C=O) groups excluding carboxylic acids is 1. The van der Waals surface area contributed by atoms with Crippen LogP contribution in [0, 0.1) is 0 Å². The molecule has 1 aromatic heterocycles. The lowest BCUT2D eigenvalue weighted by Crippen LogP contribution is -2.13. The number of hydrogen-bond acceptors (Lipinski definition) is 5. The number of nitrogens with one attached hydrogen (secondary N) is 1. The molecule has 0 unspecified atom stereocenters. The number of para-hydroxylation sites is 3. The quantitative estimate of drug-likeness (QED) is 0.702. The maximum atomic E-state index is 12.4. The Labute approximate surface area is 137 Å². The number of aromatic hydroxyl groups is 1. The molecule has 3 rings (SSSR count). The Balaban J connectivity index is 1.76. The highest BCUT2D eigenvalue weighted by Crippen LogP contribution is 2.25. The van der Waals surface area contributed by atoms with Crippen LogP contribution in [0.5, 0.6) is 11.5 Å². The van der Waals surface area contributed by atoms with Gasteiger partial charge < -0.3 is 15.2 Å². The summed E-state index contributed by atoms with van der Waals surface area (Å²) >= 11 is 1.49. The van der Waals surface area contributed by atoms with E-state index < -0.39 is 0 Å². The van der Waals surface area contributed by atoms with Crippen LogP contribution in [0.25, 0.3) is 0 Å². The summed E-state index contributed by atoms with van der Waals surface area (Å²) in [5.74, 6) is 0.135. The third-order valence-electron chi connectivity index (χ3n) is 3.14. The minimum absolute atomic E-state index is 0.0155. The number of amides is 1. The molecule has 2 N–H and O–H groups in total. The minimum atomic E-state index is -0.347. The van der Waals surface area contributed by atoms with Gasteiger partial charge in [0, 0.05) is 5.38 Å². The van der Waals surface area contributed by atoms with E-state index in [1.165, 1.54) is 17.4 Å². The normalized spacial score (nSPS) is 10.3. The number of carbonyl (C=O) groups is 1. The van der Waals surface area contributed by atoms with E-state index in [1.54, 1.807) is 48.0 Å². The number of phenols is 1. The third kappa shape index (κ3) is 3.67. The Kier molecular flexibility index (Phi) is 4.54. The smallest absolute Gasteiger partial charge is 0.259 e. The Hall–Kier alpha value is -2.86. The molecular weight excluding hydrogens is 312 g/mol. The van der Waals surface area contributed by atoms with E-state index in [2.05, 4.69) is 10.3 Å². The number of hydrogen-bond donors (Lipinski definition) is 2. The van der Waals surface area contributed by atoms with Crippen molar-refractivity contribution in [2.75, 3.05) is 5.32 Å². The summed E-state index contributed by atoms with van der Waals surface area (Å²) in [6.45, 7) is 0.296. The fraction of sp³-hybridized carbons (Fsp3) is 0.0588. The van der Waals surface area contributed by atoms with E-state index in [0.29, 0.717) is 23.6 Å². The molecular formula is C17H14N2O3S. The molecule has 0 spiro atoms. The van der Waals surface area contributed by atoms with Crippen molar-refractivity contribution in [3.05, 3.63) is 70.7 Å². The number of rotatable bonds is 5. The second-order valence-corrected chi connectivity index (χ2v) is 5.45. The summed E-state index contributed by atoms with van der Waals surface area (Å²) in [6.07, 6.45) is 0. The largest absolute Gasteiger partial charge is 0.506 e. The van der Waals surface area contributed by atoms with Crippen LogP contribution >= 0.6 is 11.3 Å². The molecule has 116 valence electrons. The van der Waals surface area contributed by atoms with E-state index in [9.17, 15) is 9.90 Å². The molecule has 5 nitrogen and oxygen atoms in total. The summed E-state index contributed by atoms with van der Waals surface area (Å²) < 4.78 is 5.69. The molecule has 0 aliphatic rings. The summed E-state index contributed by atoms with van der Waals surface area (Å²) in [7, 11) is 0. The van der Waals surface area contributed by atoms with Crippen LogP contribution < -0.4 is 10.1 Å². The first-order chi connectivity index (χ1) is 11.2. The van der Waals surface area contributed by atoms with Crippen LogP contribution in [0.3, 0.4) is 0 Å². The lowest BCUT2D eigenvalue weighted by molar-refractivity contribution is 0.102. The molecule has 0 saturated carbocycles. The van der Waals surface area contributed by atoms with Gasteiger partial charge in [-0.2, -0.15) is 0 Å². The number of ether oxygens (including phenoxy) is 1. The fourth-order valence-corrected chi connectivity index (χ4v) is 2.55. The van der Waals surface area contributed by atoms with Crippen LogP contribution in [-0.2, 0) is 6.61 Å². The second kappa shape index (κ2) is 6.93. The maximum Gasteiger partial charge on any atom is 0.259 e. The van der Waals surface area contributed by atoms with Crippen LogP contribution in [0.4, 0.5) is 5.69 Å². The Morgan fingerprint density at radius 1 is 1.17 bits per heavy atom. The van der Waals surface area contributed by atoms with Gasteiger partial charge in [-0.3, -0.25) is 4.79 Å². The predicted molar refractivity (Wildman–Crippen MR) is 88.9 cm³/mol. The van der Waals surface area contributed by atoms with Gasteiger partial charge in [0.2, 0.25) is 0 Å². The van der Waals surface area contributed by atoms with Crippen molar-refractivity contribution in [3.8, 4) is 11.5 Å². The van der Waals surface area contributed by atoms with E-state index in [1.807, 2.05) is 5.38 Å². The van der Waals surface area contributed by atoms with Gasteiger partial charge in [0.05, 0.1) is 22.5 Å². The van der Waals surface area contributed by atoms with Gasteiger partial charge in [-0.1, -0.05) is 24.3 Å². The van der Waals surface area contributed by atoms with Crippen molar-refractivity contribution < 1.29 is 14.6 Å². The number of benzene rings is 2. The maximum absolute atomic E-state index is 12.4. The molecule has 6 heteroatoms. The molecule has 2 aromatic carbocycles. The lowest BCUT2D eigenvalue weighted by Gasteiger charge is -2.11. The molecule has 0 radical (unpaired) electrons. The van der Waals surface area contributed by atoms with Gasteiger partial charge in [0.1, 0.15) is 18.1 Å². The molecule has 0 atom stereocenters. The van der Waals surface area contributed by atoms with Crippen LogP contribution in [-0.4, -0.2) is 16.0 Å². The average molecular weight is 326 g/mol. The van der Waals surface area contributed by atoms with Gasteiger partial charge in [-0.05, 0) is 24.3 Å². The molecule has 3 aromatic rings. The van der Waals surface area contributed by atoms with E-state index in [0.717, 1.165) is 5.69 Å². The molecule has 1 amide bonds. The molecule has 0 bridgehead atoms. The molecule has 0 saturated heterocycles. The minimum Gasteiger partial charge on any atom is -0.506 e. The summed E-state index contributed by atoms with van der Waals surface area (Å²) in [5, 5.41) is 14.3. The van der Waals surface area contributed by atoms with Crippen molar-refractivity contribution in [1.29, 1.82) is 0 Å². The zero-order valence-electron chi connectivity index (χ0n) is 12.1. The van der Waals surface area contributed by atoms with Crippen molar-refractivity contribution in [2.24, 2.45) is 0 Å². The van der Waals surface area contributed by atoms with Gasteiger partial charge in [0.25, 0.3) is 5.91 Å². The van der Waals surface area contributed by atoms with Crippen molar-refractivity contribution >= 4 is 22.9 Å². The zero-order valence-corrected chi connectivity index (χ0v) is 12.9. The predicted octanol–water partition coefficient (Wildman–Crippen LogP) is 3.68. The third-order valence-corrected chi connectivity index (χ3v) is 3.78. The Morgan fingerprint density at radius 2 is 1.96 bits per heavy atom. The van der Waals surface area contributed by atoms with Gasteiger partial charge in [0.15, 0.2) is 0 Å². The summed E-state index contributed by atoms with van der Waals surface area (Å²) in [4.78, 5) is 16.6. The van der Waals surface area contributed by atoms with Crippen molar-refractivity contribution in [3.63, 3.8) is 0 Å². The molecule has 0 aliphatic carbocycles. The topological polar surface area (TPSA) is 71.5 Å². The highest BCUT2D eigenvalue weighted by molar-refractivity contribution is 7.07.